The summed E-state index contributed by atoms with van der Waals surface area (Å²) in [6.45, 7) is 1.79. The predicted molar refractivity (Wildman–Crippen MR) is 100 cm³/mol. The lowest BCUT2D eigenvalue weighted by Crippen LogP contribution is -2.02. The highest BCUT2D eigenvalue weighted by Crippen LogP contribution is 2.33. The Morgan fingerprint density at radius 1 is 1.26 bits per heavy atom. The molecule has 0 fully saturated rings. The second-order valence-corrected chi connectivity index (χ2v) is 6.04. The quantitative estimate of drug-likeness (QED) is 0.324. The number of fused-ring (bicyclic) bond motifs is 3. The van der Waals surface area contributed by atoms with E-state index in [0.29, 0.717) is 28.1 Å². The van der Waals surface area contributed by atoms with E-state index in [1.807, 2.05) is 24.3 Å². The Balaban J connectivity index is 1.99. The van der Waals surface area contributed by atoms with Gasteiger partial charge >= 0.3 is 0 Å². The second-order valence-electron chi connectivity index (χ2n) is 6.04. The summed E-state index contributed by atoms with van der Waals surface area (Å²) in [5.74, 6) is 0.409. The smallest absolute Gasteiger partial charge is 0.271 e. The number of nitrogens with one attached hydrogen (secondary N) is 1. The van der Waals surface area contributed by atoms with E-state index in [-0.39, 0.29) is 17.1 Å². The molecule has 0 aliphatic carbocycles. The van der Waals surface area contributed by atoms with Crippen molar-refractivity contribution in [1.82, 2.24) is 9.38 Å². The van der Waals surface area contributed by atoms with Gasteiger partial charge in [-0.15, -0.1) is 0 Å². The fraction of sp³-hybridized carbons (Fsp3) is 0.0526. The molecule has 4 rings (SSSR count). The number of phenolic OH excluding ortho intramolecular Hbond substituents is 1. The zero-order chi connectivity index (χ0) is 19.1. The number of non-ortho nitro benzene ring substituents is 1. The minimum absolute atomic E-state index is 0.125. The number of nitro groups is 1. The third kappa shape index (κ3) is 2.58. The lowest BCUT2D eigenvalue weighted by atomic mass is 10.1. The standard InChI is InChI=1S/C19H13N5O3/c1-11-8-18(21-15-9-12(24(26)27)6-7-17(15)25)23-16-5-3-2-4-14(16)22-19(23)13(11)10-20/h2-9,21,25H,1H3. The maximum atomic E-state index is 11.0. The maximum Gasteiger partial charge on any atom is 0.271 e. The summed E-state index contributed by atoms with van der Waals surface area (Å²) in [5.41, 5.74) is 3.15. The first-order valence-electron chi connectivity index (χ1n) is 8.05. The Kier molecular flexibility index (Phi) is 3.63. The molecule has 0 saturated heterocycles. The van der Waals surface area contributed by atoms with Crippen molar-refractivity contribution < 1.29 is 10.0 Å². The van der Waals surface area contributed by atoms with Crippen molar-refractivity contribution in [1.29, 1.82) is 5.26 Å². The molecule has 0 aliphatic rings. The average molecular weight is 359 g/mol. The zero-order valence-electron chi connectivity index (χ0n) is 14.2. The van der Waals surface area contributed by atoms with E-state index in [4.69, 9.17) is 0 Å². The topological polar surface area (TPSA) is 116 Å². The lowest BCUT2D eigenvalue weighted by Gasteiger charge is -2.13. The highest BCUT2D eigenvalue weighted by atomic mass is 16.6. The number of nitrogens with zero attached hydrogens (tertiary/aromatic N) is 4. The number of imidazole rings is 1. The molecule has 2 heterocycles. The van der Waals surface area contributed by atoms with Gasteiger partial charge in [-0.05, 0) is 36.8 Å². The molecule has 0 saturated carbocycles. The number of pyridine rings is 1. The van der Waals surface area contributed by atoms with Crippen LogP contribution in [0.15, 0.2) is 48.5 Å². The molecule has 2 N–H and O–H groups in total. The monoisotopic (exact) mass is 359 g/mol. The number of anilines is 2. The third-order valence-corrected chi connectivity index (χ3v) is 4.34. The van der Waals surface area contributed by atoms with Crippen LogP contribution in [-0.4, -0.2) is 19.4 Å². The minimum Gasteiger partial charge on any atom is -0.506 e. The van der Waals surface area contributed by atoms with Crippen LogP contribution in [0.4, 0.5) is 17.2 Å². The van der Waals surface area contributed by atoms with Gasteiger partial charge in [0.1, 0.15) is 17.6 Å². The number of nitro benzene ring substituents is 1. The molecular weight excluding hydrogens is 346 g/mol. The second kappa shape index (κ2) is 6.00. The van der Waals surface area contributed by atoms with Crippen LogP contribution in [0.3, 0.4) is 0 Å². The summed E-state index contributed by atoms with van der Waals surface area (Å²) < 4.78 is 1.76. The molecule has 8 heteroatoms. The van der Waals surface area contributed by atoms with Gasteiger partial charge in [0.05, 0.1) is 27.2 Å². The van der Waals surface area contributed by atoms with Crippen molar-refractivity contribution in [3.05, 3.63) is 69.8 Å². The summed E-state index contributed by atoms with van der Waals surface area (Å²) in [6, 6.07) is 15.1. The van der Waals surface area contributed by atoms with E-state index in [0.717, 1.165) is 5.52 Å². The average Bonchev–Trinajstić information content (AvgIpc) is 3.03. The van der Waals surface area contributed by atoms with Crippen LogP contribution in [-0.2, 0) is 0 Å². The molecule has 0 radical (unpaired) electrons. The van der Waals surface area contributed by atoms with Gasteiger partial charge < -0.3 is 10.4 Å². The highest BCUT2D eigenvalue weighted by molar-refractivity contribution is 5.86. The van der Waals surface area contributed by atoms with Gasteiger partial charge in [-0.1, -0.05) is 12.1 Å². The SMILES string of the molecule is Cc1cc(Nc2cc([N+](=O)[O-])ccc2O)n2c(nc3ccccc32)c1C#N. The van der Waals surface area contributed by atoms with Gasteiger partial charge in [-0.3, -0.25) is 14.5 Å². The summed E-state index contributed by atoms with van der Waals surface area (Å²) in [7, 11) is 0. The highest BCUT2D eigenvalue weighted by Gasteiger charge is 2.17. The number of phenols is 1. The van der Waals surface area contributed by atoms with E-state index in [1.54, 1.807) is 17.4 Å². The summed E-state index contributed by atoms with van der Waals surface area (Å²) >= 11 is 0. The molecule has 27 heavy (non-hydrogen) atoms. The first kappa shape index (κ1) is 16.4. The number of nitriles is 1. The first-order valence-corrected chi connectivity index (χ1v) is 8.05. The third-order valence-electron chi connectivity index (χ3n) is 4.34. The lowest BCUT2D eigenvalue weighted by molar-refractivity contribution is -0.384. The molecule has 0 aliphatic heterocycles. The molecule has 0 atom stereocenters. The van der Waals surface area contributed by atoms with Gasteiger partial charge in [-0.2, -0.15) is 5.26 Å². The fourth-order valence-corrected chi connectivity index (χ4v) is 3.06. The number of rotatable bonds is 3. The number of aryl methyl sites for hydroxylation is 1. The van der Waals surface area contributed by atoms with Crippen molar-refractivity contribution >= 4 is 33.9 Å². The predicted octanol–water partition coefficient (Wildman–Crippen LogP) is 4.03. The van der Waals surface area contributed by atoms with Crippen molar-refractivity contribution in [2.24, 2.45) is 0 Å². The maximum absolute atomic E-state index is 11.0. The van der Waals surface area contributed by atoms with Gasteiger partial charge in [0.15, 0.2) is 5.65 Å². The molecule has 2 aromatic carbocycles. The molecule has 0 spiro atoms. The van der Waals surface area contributed by atoms with Gasteiger partial charge in [-0.25, -0.2) is 4.98 Å². The molecular formula is C19H13N5O3. The van der Waals surface area contributed by atoms with E-state index in [9.17, 15) is 20.5 Å². The van der Waals surface area contributed by atoms with E-state index in [1.165, 1.54) is 18.2 Å². The molecule has 0 amide bonds. The Hall–Kier alpha value is -4.12. The van der Waals surface area contributed by atoms with Crippen molar-refractivity contribution in [3.8, 4) is 11.8 Å². The summed E-state index contributed by atoms with van der Waals surface area (Å²) in [4.78, 5) is 15.1. The van der Waals surface area contributed by atoms with Gasteiger partial charge in [0, 0.05) is 12.1 Å². The molecule has 132 valence electrons. The van der Waals surface area contributed by atoms with Crippen LogP contribution in [0, 0.1) is 28.4 Å². The van der Waals surface area contributed by atoms with Crippen LogP contribution in [0.5, 0.6) is 5.75 Å². The zero-order valence-corrected chi connectivity index (χ0v) is 14.2. The van der Waals surface area contributed by atoms with Gasteiger partial charge in [0.25, 0.3) is 5.69 Å². The molecule has 2 aromatic heterocycles. The van der Waals surface area contributed by atoms with E-state index >= 15 is 0 Å². The summed E-state index contributed by atoms with van der Waals surface area (Å²) in [6.07, 6.45) is 0. The minimum atomic E-state index is -0.531. The Bertz CT molecular complexity index is 1270. The number of para-hydroxylation sites is 2. The number of hydrogen-bond acceptors (Lipinski definition) is 6. The number of benzene rings is 2. The number of hydrogen-bond donors (Lipinski definition) is 2. The number of aromatic hydroxyl groups is 1. The molecule has 0 bridgehead atoms. The normalized spacial score (nSPS) is 10.8. The van der Waals surface area contributed by atoms with Crippen LogP contribution in [0.2, 0.25) is 0 Å². The van der Waals surface area contributed by atoms with Crippen molar-refractivity contribution in [3.63, 3.8) is 0 Å². The Morgan fingerprint density at radius 2 is 2.04 bits per heavy atom. The summed E-state index contributed by atoms with van der Waals surface area (Å²) in [5, 5.41) is 33.7. The number of aromatic nitrogens is 2. The molecule has 0 unspecified atom stereocenters. The van der Waals surface area contributed by atoms with Crippen LogP contribution in [0.1, 0.15) is 11.1 Å². The first-order chi connectivity index (χ1) is 13.0. The van der Waals surface area contributed by atoms with Gasteiger partial charge in [0.2, 0.25) is 0 Å². The van der Waals surface area contributed by atoms with E-state index in [2.05, 4.69) is 16.4 Å². The molecule has 4 aromatic rings. The fourth-order valence-electron chi connectivity index (χ4n) is 3.06. The van der Waals surface area contributed by atoms with Crippen LogP contribution >= 0.6 is 0 Å². The van der Waals surface area contributed by atoms with Crippen LogP contribution in [0.25, 0.3) is 16.7 Å². The van der Waals surface area contributed by atoms with Crippen molar-refractivity contribution in [2.75, 3.05) is 5.32 Å². The van der Waals surface area contributed by atoms with E-state index < -0.39 is 4.92 Å². The van der Waals surface area contributed by atoms with Crippen LogP contribution < -0.4 is 5.32 Å². The van der Waals surface area contributed by atoms with Crippen molar-refractivity contribution in [2.45, 2.75) is 6.92 Å². The largest absolute Gasteiger partial charge is 0.506 e. The Labute approximate surface area is 153 Å². The Morgan fingerprint density at radius 3 is 2.78 bits per heavy atom. The molecule has 8 nitrogen and oxygen atoms in total.